The molecule has 0 aromatic carbocycles. The molecule has 1 fully saturated rings. The third-order valence-corrected chi connectivity index (χ3v) is 4.71. The predicted octanol–water partition coefficient (Wildman–Crippen LogP) is -2.12. The van der Waals surface area contributed by atoms with Gasteiger partial charge in [-0.15, -0.1) is 0 Å². The Balaban J connectivity index is 3.51. The zero-order valence-electron chi connectivity index (χ0n) is 13.0. The standard InChI is InChI=1S/C7H16O17P2S/c1-19-2-5(22-25(10,11)12)3(20-8)4(21-9)6(23-26(13,14)15)7(2)24-27(16,17)18/h2-9H,1H3,(H2,10,11,12)(H2,13,14,15)(H,16,17,18)/t2?,3-,4+,5?,6?,7-/m1/s1. The zero-order chi connectivity index (χ0) is 21.2. The van der Waals surface area contributed by atoms with Crippen LogP contribution in [-0.4, -0.2) is 86.8 Å². The molecule has 1 aliphatic rings. The lowest BCUT2D eigenvalue weighted by molar-refractivity contribution is -0.397. The molecule has 1 aliphatic carbocycles. The van der Waals surface area contributed by atoms with E-state index in [1.54, 1.807) is 0 Å². The SMILES string of the molecule is COC1C(OP(=O)(O)O)[C@H](OO)[C@H](OO)C(OP(=O)(O)O)[C@@H]1OS(=O)(=O)O. The first kappa shape index (κ1) is 24.9. The molecule has 1 saturated carbocycles. The van der Waals surface area contributed by atoms with E-state index in [1.807, 2.05) is 0 Å². The van der Waals surface area contributed by atoms with E-state index in [0.717, 1.165) is 7.11 Å². The Labute approximate surface area is 150 Å². The van der Waals surface area contributed by atoms with Gasteiger partial charge < -0.3 is 24.3 Å². The summed E-state index contributed by atoms with van der Waals surface area (Å²) in [5.41, 5.74) is 0. The van der Waals surface area contributed by atoms with Crippen molar-refractivity contribution in [3.05, 3.63) is 0 Å². The van der Waals surface area contributed by atoms with Gasteiger partial charge in [-0.2, -0.15) is 8.42 Å². The second-order valence-corrected chi connectivity index (χ2v) is 8.38. The summed E-state index contributed by atoms with van der Waals surface area (Å²) in [5, 5.41) is 17.9. The summed E-state index contributed by atoms with van der Waals surface area (Å²) >= 11 is 0. The molecular formula is C7H16O17P2S. The summed E-state index contributed by atoms with van der Waals surface area (Å²) in [4.78, 5) is 43.5. The molecule has 1 rings (SSSR count). The van der Waals surface area contributed by atoms with Gasteiger partial charge >= 0.3 is 26.0 Å². The smallest absolute Gasteiger partial charge is 0.376 e. The molecule has 0 aromatic rings. The van der Waals surface area contributed by atoms with Crippen LogP contribution in [0.15, 0.2) is 0 Å². The van der Waals surface area contributed by atoms with E-state index in [1.165, 1.54) is 0 Å². The molecule has 27 heavy (non-hydrogen) atoms. The van der Waals surface area contributed by atoms with Gasteiger partial charge in [0.15, 0.2) is 12.2 Å². The fourth-order valence-electron chi connectivity index (χ4n) is 2.44. The van der Waals surface area contributed by atoms with Crippen molar-refractivity contribution in [2.24, 2.45) is 0 Å². The highest BCUT2D eigenvalue weighted by Gasteiger charge is 2.59. The average molecular weight is 466 g/mol. The third kappa shape index (κ3) is 7.33. The summed E-state index contributed by atoms with van der Waals surface area (Å²) in [6.07, 6.45) is -13.3. The van der Waals surface area contributed by atoms with Crippen LogP contribution >= 0.6 is 15.6 Å². The van der Waals surface area contributed by atoms with Crippen LogP contribution in [-0.2, 0) is 47.3 Å². The molecule has 17 nitrogen and oxygen atoms in total. The average Bonchev–Trinajstić information content (AvgIpc) is 2.45. The van der Waals surface area contributed by atoms with Crippen molar-refractivity contribution in [1.82, 2.24) is 0 Å². The lowest BCUT2D eigenvalue weighted by atomic mass is 9.85. The van der Waals surface area contributed by atoms with Crippen LogP contribution in [0.5, 0.6) is 0 Å². The maximum absolute atomic E-state index is 11.1. The molecule has 20 heteroatoms. The molecule has 0 radical (unpaired) electrons. The molecule has 0 spiro atoms. The first-order valence-corrected chi connectivity index (χ1v) is 10.8. The molecule has 0 bridgehead atoms. The Kier molecular flexibility index (Phi) is 8.44. The van der Waals surface area contributed by atoms with Gasteiger partial charge in [-0.3, -0.25) is 24.1 Å². The predicted molar refractivity (Wildman–Crippen MR) is 76.1 cm³/mol. The largest absolute Gasteiger partial charge is 0.470 e. The molecular weight excluding hydrogens is 450 g/mol. The van der Waals surface area contributed by atoms with Gasteiger partial charge in [0.25, 0.3) is 0 Å². The lowest BCUT2D eigenvalue weighted by Crippen LogP contribution is -2.67. The molecule has 3 unspecified atom stereocenters. The van der Waals surface area contributed by atoms with Gasteiger partial charge in [0.2, 0.25) is 0 Å². The van der Waals surface area contributed by atoms with Crippen LogP contribution in [0, 0.1) is 0 Å². The van der Waals surface area contributed by atoms with E-state index in [9.17, 15) is 17.5 Å². The summed E-state index contributed by atoms with van der Waals surface area (Å²) in [6.45, 7) is 0. The zero-order valence-corrected chi connectivity index (χ0v) is 15.6. The van der Waals surface area contributed by atoms with Crippen LogP contribution in [0.3, 0.4) is 0 Å². The summed E-state index contributed by atoms with van der Waals surface area (Å²) in [5.74, 6) is 0. The van der Waals surface area contributed by atoms with Gasteiger partial charge in [-0.05, 0) is 0 Å². The Hall–Kier alpha value is -0.110. The fourth-order valence-corrected chi connectivity index (χ4v) is 4.05. The number of phosphoric acid groups is 2. The summed E-state index contributed by atoms with van der Waals surface area (Å²) in [7, 11) is -15.4. The van der Waals surface area contributed by atoms with E-state index in [2.05, 4.69) is 23.0 Å². The molecule has 0 saturated heterocycles. The Bertz CT molecular complexity index is 681. The second kappa shape index (κ2) is 9.14. The van der Waals surface area contributed by atoms with Gasteiger partial charge in [-0.1, -0.05) is 0 Å². The molecule has 0 amide bonds. The normalized spacial score (nSPS) is 33.2. The second-order valence-electron chi connectivity index (χ2n) is 4.95. The van der Waals surface area contributed by atoms with Gasteiger partial charge in [0.1, 0.15) is 24.4 Å². The highest BCUT2D eigenvalue weighted by Crippen LogP contribution is 2.47. The number of hydrogen-bond acceptors (Lipinski definition) is 12. The first-order chi connectivity index (χ1) is 12.1. The van der Waals surface area contributed by atoms with Crippen molar-refractivity contribution >= 4 is 26.0 Å². The van der Waals surface area contributed by atoms with Gasteiger partial charge in [0.05, 0.1) is 0 Å². The van der Waals surface area contributed by atoms with E-state index in [4.69, 9.17) is 39.4 Å². The van der Waals surface area contributed by atoms with Crippen LogP contribution in [0.2, 0.25) is 0 Å². The molecule has 7 N–H and O–H groups in total. The van der Waals surface area contributed by atoms with Crippen LogP contribution in [0.4, 0.5) is 0 Å². The molecule has 0 aliphatic heterocycles. The first-order valence-electron chi connectivity index (χ1n) is 6.40. The fraction of sp³-hybridized carbons (Fsp3) is 1.00. The minimum Gasteiger partial charge on any atom is -0.376 e. The summed E-state index contributed by atoms with van der Waals surface area (Å²) < 4.78 is 70.7. The monoisotopic (exact) mass is 466 g/mol. The number of rotatable bonds is 9. The summed E-state index contributed by atoms with van der Waals surface area (Å²) in [6, 6.07) is 0. The van der Waals surface area contributed by atoms with Crippen LogP contribution < -0.4 is 0 Å². The maximum Gasteiger partial charge on any atom is 0.470 e. The molecule has 0 aromatic heterocycles. The minimum absolute atomic E-state index is 0.810. The van der Waals surface area contributed by atoms with Crippen molar-refractivity contribution in [2.45, 2.75) is 36.6 Å². The Morgan fingerprint density at radius 3 is 1.37 bits per heavy atom. The van der Waals surface area contributed by atoms with Crippen molar-refractivity contribution in [2.75, 3.05) is 7.11 Å². The van der Waals surface area contributed by atoms with Gasteiger partial charge in [0, 0.05) is 7.11 Å². The van der Waals surface area contributed by atoms with E-state index in [-0.39, 0.29) is 0 Å². The Morgan fingerprint density at radius 1 is 0.741 bits per heavy atom. The van der Waals surface area contributed by atoms with Crippen LogP contribution in [0.25, 0.3) is 0 Å². The van der Waals surface area contributed by atoms with Crippen molar-refractivity contribution in [1.29, 1.82) is 0 Å². The highest BCUT2D eigenvalue weighted by molar-refractivity contribution is 7.80. The number of ether oxygens (including phenoxy) is 1. The topological polar surface area (TPSA) is 265 Å². The van der Waals surface area contributed by atoms with Crippen LogP contribution in [0.1, 0.15) is 0 Å². The van der Waals surface area contributed by atoms with Gasteiger partial charge in [-0.25, -0.2) is 23.1 Å². The van der Waals surface area contributed by atoms with E-state index >= 15 is 0 Å². The molecule has 6 atom stereocenters. The van der Waals surface area contributed by atoms with Crippen molar-refractivity contribution in [3.63, 3.8) is 0 Å². The van der Waals surface area contributed by atoms with Crippen molar-refractivity contribution in [3.8, 4) is 0 Å². The molecule has 162 valence electrons. The lowest BCUT2D eigenvalue weighted by Gasteiger charge is -2.45. The number of hydrogen-bond donors (Lipinski definition) is 7. The van der Waals surface area contributed by atoms with Crippen molar-refractivity contribution < 1.29 is 79.9 Å². The maximum atomic E-state index is 11.1. The molecule has 0 heterocycles. The quantitative estimate of drug-likeness (QED) is 0.0828. The van der Waals surface area contributed by atoms with E-state index in [0.29, 0.717) is 0 Å². The number of methoxy groups -OCH3 is 1. The minimum atomic E-state index is -5.46. The Morgan fingerprint density at radius 2 is 1.11 bits per heavy atom. The third-order valence-electron chi connectivity index (χ3n) is 3.21. The number of phosphoric ester groups is 2. The van der Waals surface area contributed by atoms with E-state index < -0.39 is 62.7 Å². The highest BCUT2D eigenvalue weighted by atomic mass is 32.3.